The quantitative estimate of drug-likeness (QED) is 0.873. The highest BCUT2D eigenvalue weighted by molar-refractivity contribution is 5.86. The molecule has 0 fully saturated rings. The maximum Gasteiger partial charge on any atom is 0.242 e. The van der Waals surface area contributed by atoms with Gasteiger partial charge in [-0.1, -0.05) is 30.3 Å². The lowest BCUT2D eigenvalue weighted by atomic mass is 10.00. The second-order valence-electron chi connectivity index (χ2n) is 4.05. The van der Waals surface area contributed by atoms with Gasteiger partial charge in [0.15, 0.2) is 5.82 Å². The largest absolute Gasteiger partial charge is 0.347 e. The van der Waals surface area contributed by atoms with E-state index in [0.29, 0.717) is 11.4 Å². The Morgan fingerprint density at radius 2 is 2.21 bits per heavy atom. The lowest BCUT2D eigenvalue weighted by molar-refractivity contribution is -0.121. The van der Waals surface area contributed by atoms with Gasteiger partial charge in [-0.2, -0.15) is 5.26 Å². The number of rotatable bonds is 4. The van der Waals surface area contributed by atoms with Crippen LogP contribution in [0.5, 0.6) is 0 Å². The van der Waals surface area contributed by atoms with Crippen molar-refractivity contribution in [3.8, 4) is 6.07 Å². The minimum atomic E-state index is -0.811. The first-order chi connectivity index (χ1) is 9.22. The third-order valence-corrected chi connectivity index (χ3v) is 2.75. The van der Waals surface area contributed by atoms with Crippen LogP contribution in [-0.2, 0) is 18.4 Å². The lowest BCUT2D eigenvalue weighted by Crippen LogP contribution is -2.29. The van der Waals surface area contributed by atoms with Crippen LogP contribution >= 0.6 is 0 Å². The fourth-order valence-corrected chi connectivity index (χ4v) is 1.67. The number of nitrogens with zero attached hydrogens (tertiary/aromatic N) is 4. The third kappa shape index (κ3) is 2.96. The van der Waals surface area contributed by atoms with E-state index in [-0.39, 0.29) is 12.5 Å². The predicted octanol–water partition coefficient (Wildman–Crippen LogP) is 0.739. The average molecular weight is 255 g/mol. The van der Waals surface area contributed by atoms with Gasteiger partial charge in [-0.05, 0) is 5.56 Å². The van der Waals surface area contributed by atoms with Crippen molar-refractivity contribution in [1.82, 2.24) is 20.1 Å². The topological polar surface area (TPSA) is 83.6 Å². The van der Waals surface area contributed by atoms with E-state index in [2.05, 4.69) is 15.5 Å². The number of aryl methyl sites for hydroxylation is 1. The molecule has 1 atom stereocenters. The summed E-state index contributed by atoms with van der Waals surface area (Å²) in [7, 11) is 1.79. The van der Waals surface area contributed by atoms with Crippen molar-refractivity contribution in [1.29, 1.82) is 5.26 Å². The first-order valence-electron chi connectivity index (χ1n) is 5.77. The van der Waals surface area contributed by atoms with E-state index in [1.807, 2.05) is 12.1 Å². The predicted molar refractivity (Wildman–Crippen MR) is 67.6 cm³/mol. The summed E-state index contributed by atoms with van der Waals surface area (Å²) in [4.78, 5) is 12.0. The van der Waals surface area contributed by atoms with Gasteiger partial charge in [0.25, 0.3) is 0 Å². The number of hydrogen-bond donors (Lipinski definition) is 1. The standard InChI is InChI=1S/C13H13N5O/c1-18-9-16-17-12(18)8-15-13(19)11(7-14)10-5-3-2-4-6-10/h2-6,9,11H,8H2,1H3,(H,15,19). The SMILES string of the molecule is Cn1cnnc1CNC(=O)C(C#N)c1ccccc1. The fraction of sp³-hybridized carbons (Fsp3) is 0.231. The number of carbonyl (C=O) groups excluding carboxylic acids is 1. The summed E-state index contributed by atoms with van der Waals surface area (Å²) in [6.45, 7) is 0.250. The van der Waals surface area contributed by atoms with Gasteiger partial charge in [0.05, 0.1) is 12.6 Å². The van der Waals surface area contributed by atoms with Gasteiger partial charge in [0, 0.05) is 7.05 Å². The van der Waals surface area contributed by atoms with Crippen molar-refractivity contribution in [3.63, 3.8) is 0 Å². The van der Waals surface area contributed by atoms with Gasteiger partial charge in [-0.25, -0.2) is 0 Å². The van der Waals surface area contributed by atoms with Gasteiger partial charge in [0.1, 0.15) is 12.2 Å². The second kappa shape index (κ2) is 5.78. The molecule has 1 heterocycles. The van der Waals surface area contributed by atoms with Crippen LogP contribution in [0.1, 0.15) is 17.3 Å². The Hall–Kier alpha value is -2.68. The summed E-state index contributed by atoms with van der Waals surface area (Å²) in [5, 5.41) is 19.4. The van der Waals surface area contributed by atoms with Gasteiger partial charge in [0.2, 0.25) is 5.91 Å². The minimum Gasteiger partial charge on any atom is -0.347 e. The Kier molecular flexibility index (Phi) is 3.88. The molecule has 0 aliphatic rings. The molecular formula is C13H13N5O. The van der Waals surface area contributed by atoms with Crippen LogP contribution in [0, 0.1) is 11.3 Å². The third-order valence-electron chi connectivity index (χ3n) is 2.75. The Morgan fingerprint density at radius 3 is 2.79 bits per heavy atom. The number of nitrogens with one attached hydrogen (secondary N) is 1. The molecule has 0 spiro atoms. The molecule has 96 valence electrons. The van der Waals surface area contributed by atoms with E-state index in [4.69, 9.17) is 5.26 Å². The van der Waals surface area contributed by atoms with Crippen LogP contribution in [0.15, 0.2) is 36.7 Å². The van der Waals surface area contributed by atoms with Crippen LogP contribution < -0.4 is 5.32 Å². The first kappa shape index (κ1) is 12.8. The molecule has 0 radical (unpaired) electrons. The van der Waals surface area contributed by atoms with Crippen LogP contribution in [0.3, 0.4) is 0 Å². The summed E-state index contributed by atoms with van der Waals surface area (Å²) >= 11 is 0. The molecule has 1 unspecified atom stereocenters. The monoisotopic (exact) mass is 255 g/mol. The number of carbonyl (C=O) groups is 1. The number of hydrogen-bond acceptors (Lipinski definition) is 4. The summed E-state index contributed by atoms with van der Waals surface area (Å²) in [5.41, 5.74) is 0.681. The van der Waals surface area contributed by atoms with Crippen LogP contribution in [0.2, 0.25) is 0 Å². The van der Waals surface area contributed by atoms with Crippen molar-refractivity contribution in [3.05, 3.63) is 48.0 Å². The van der Waals surface area contributed by atoms with E-state index in [0.717, 1.165) is 0 Å². The Bertz CT molecular complexity index is 599. The van der Waals surface area contributed by atoms with E-state index < -0.39 is 5.92 Å². The second-order valence-corrected chi connectivity index (χ2v) is 4.05. The van der Waals surface area contributed by atoms with Gasteiger partial charge in [-0.3, -0.25) is 4.79 Å². The zero-order valence-corrected chi connectivity index (χ0v) is 10.4. The lowest BCUT2D eigenvalue weighted by Gasteiger charge is -2.10. The maximum absolute atomic E-state index is 12.0. The molecule has 1 N–H and O–H groups in total. The van der Waals surface area contributed by atoms with Crippen molar-refractivity contribution in [2.24, 2.45) is 7.05 Å². The molecule has 6 heteroatoms. The van der Waals surface area contributed by atoms with Crippen molar-refractivity contribution in [2.45, 2.75) is 12.5 Å². The molecular weight excluding hydrogens is 242 g/mol. The van der Waals surface area contributed by atoms with Crippen molar-refractivity contribution < 1.29 is 4.79 Å². The number of aromatic nitrogens is 3. The van der Waals surface area contributed by atoms with Crippen molar-refractivity contribution in [2.75, 3.05) is 0 Å². The fourth-order valence-electron chi connectivity index (χ4n) is 1.67. The molecule has 1 aromatic carbocycles. The molecule has 6 nitrogen and oxygen atoms in total. The number of nitriles is 1. The normalized spacial score (nSPS) is 11.6. The first-order valence-corrected chi connectivity index (χ1v) is 5.77. The van der Waals surface area contributed by atoms with E-state index in [1.54, 1.807) is 42.2 Å². The molecule has 0 aliphatic carbocycles. The van der Waals surface area contributed by atoms with Gasteiger partial charge in [-0.15, -0.1) is 10.2 Å². The highest BCUT2D eigenvalue weighted by atomic mass is 16.1. The molecule has 0 aliphatic heterocycles. The highest BCUT2D eigenvalue weighted by Gasteiger charge is 2.19. The van der Waals surface area contributed by atoms with Crippen molar-refractivity contribution >= 4 is 5.91 Å². The van der Waals surface area contributed by atoms with E-state index in [1.165, 1.54) is 0 Å². The number of amides is 1. The van der Waals surface area contributed by atoms with Crippen LogP contribution in [-0.4, -0.2) is 20.7 Å². The number of benzene rings is 1. The zero-order valence-electron chi connectivity index (χ0n) is 10.4. The van der Waals surface area contributed by atoms with E-state index >= 15 is 0 Å². The molecule has 2 rings (SSSR count). The molecule has 19 heavy (non-hydrogen) atoms. The average Bonchev–Trinajstić information content (AvgIpc) is 2.84. The van der Waals surface area contributed by atoms with Crippen LogP contribution in [0.25, 0.3) is 0 Å². The van der Waals surface area contributed by atoms with Gasteiger partial charge >= 0.3 is 0 Å². The zero-order chi connectivity index (χ0) is 13.7. The highest BCUT2D eigenvalue weighted by Crippen LogP contribution is 2.14. The molecule has 1 aromatic heterocycles. The van der Waals surface area contributed by atoms with Crippen LogP contribution in [0.4, 0.5) is 0 Å². The smallest absolute Gasteiger partial charge is 0.242 e. The van der Waals surface area contributed by atoms with Gasteiger partial charge < -0.3 is 9.88 Å². The maximum atomic E-state index is 12.0. The molecule has 0 bridgehead atoms. The van der Waals surface area contributed by atoms with E-state index in [9.17, 15) is 4.79 Å². The Balaban J connectivity index is 2.03. The molecule has 0 saturated carbocycles. The Labute approximate surface area is 110 Å². The molecule has 2 aromatic rings. The Morgan fingerprint density at radius 1 is 1.47 bits per heavy atom. The summed E-state index contributed by atoms with van der Waals surface area (Å²) in [6.07, 6.45) is 1.56. The minimum absolute atomic E-state index is 0.250. The molecule has 1 amide bonds. The summed E-state index contributed by atoms with van der Waals surface area (Å²) < 4.78 is 1.71. The summed E-state index contributed by atoms with van der Waals surface area (Å²) in [5.74, 6) is -0.510. The summed E-state index contributed by atoms with van der Waals surface area (Å²) in [6, 6.07) is 11.0. The molecule has 0 saturated heterocycles.